The SMILES string of the molecule is COC(=O)c1ccc(C)cc1.Cc1ccc(C(O)(F)F)cc1. The number of aryl methyl sites for hydroxylation is 2. The molecule has 0 aromatic heterocycles. The average molecular weight is 308 g/mol. The summed E-state index contributed by atoms with van der Waals surface area (Å²) >= 11 is 0. The highest BCUT2D eigenvalue weighted by Crippen LogP contribution is 2.23. The number of aliphatic hydroxyl groups is 1. The summed E-state index contributed by atoms with van der Waals surface area (Å²) in [6.07, 6.45) is -3.71. The van der Waals surface area contributed by atoms with Gasteiger partial charge in [0.1, 0.15) is 0 Å². The number of hydrogen-bond acceptors (Lipinski definition) is 3. The van der Waals surface area contributed by atoms with E-state index >= 15 is 0 Å². The lowest BCUT2D eigenvalue weighted by Crippen LogP contribution is -2.10. The van der Waals surface area contributed by atoms with E-state index in [1.165, 1.54) is 31.4 Å². The number of methoxy groups -OCH3 is 1. The van der Waals surface area contributed by atoms with Gasteiger partial charge < -0.3 is 9.84 Å². The van der Waals surface area contributed by atoms with E-state index in [4.69, 9.17) is 5.11 Å². The summed E-state index contributed by atoms with van der Waals surface area (Å²) in [4.78, 5) is 10.9. The zero-order valence-corrected chi connectivity index (χ0v) is 12.6. The zero-order valence-electron chi connectivity index (χ0n) is 12.6. The van der Waals surface area contributed by atoms with E-state index in [1.54, 1.807) is 19.1 Å². The molecule has 0 bridgehead atoms. The Balaban J connectivity index is 0.000000220. The van der Waals surface area contributed by atoms with Gasteiger partial charge in [-0.25, -0.2) is 4.79 Å². The first-order valence-electron chi connectivity index (χ1n) is 6.56. The van der Waals surface area contributed by atoms with Crippen LogP contribution in [0.5, 0.6) is 0 Å². The summed E-state index contributed by atoms with van der Waals surface area (Å²) in [6.45, 7) is 3.76. The number of carbonyl (C=O) groups excluding carboxylic acids is 1. The molecular formula is C17H18F2O3. The van der Waals surface area contributed by atoms with E-state index < -0.39 is 6.11 Å². The van der Waals surface area contributed by atoms with Gasteiger partial charge >= 0.3 is 12.1 Å². The van der Waals surface area contributed by atoms with Crippen LogP contribution in [0.2, 0.25) is 0 Å². The van der Waals surface area contributed by atoms with Crippen molar-refractivity contribution >= 4 is 5.97 Å². The molecule has 0 aliphatic heterocycles. The molecule has 0 aliphatic carbocycles. The van der Waals surface area contributed by atoms with Gasteiger partial charge in [0, 0.05) is 0 Å². The summed E-state index contributed by atoms with van der Waals surface area (Å²) in [5.41, 5.74) is 2.25. The maximum atomic E-state index is 12.1. The average Bonchev–Trinajstić information content (AvgIpc) is 2.47. The predicted octanol–water partition coefficient (Wildman–Crippen LogP) is 3.82. The van der Waals surface area contributed by atoms with Crippen molar-refractivity contribution < 1.29 is 23.4 Å². The van der Waals surface area contributed by atoms with E-state index in [2.05, 4.69) is 4.74 Å². The molecular weight excluding hydrogens is 290 g/mol. The third-order valence-corrected chi connectivity index (χ3v) is 2.87. The number of benzene rings is 2. The van der Waals surface area contributed by atoms with Crippen LogP contribution in [0.3, 0.4) is 0 Å². The second-order valence-corrected chi connectivity index (χ2v) is 4.76. The van der Waals surface area contributed by atoms with Crippen LogP contribution in [-0.4, -0.2) is 18.2 Å². The molecule has 0 aliphatic rings. The molecule has 0 fully saturated rings. The van der Waals surface area contributed by atoms with Crippen LogP contribution in [0.1, 0.15) is 27.0 Å². The maximum absolute atomic E-state index is 12.1. The number of hydrogen-bond donors (Lipinski definition) is 1. The lowest BCUT2D eigenvalue weighted by Gasteiger charge is -2.07. The number of halogens is 2. The van der Waals surface area contributed by atoms with E-state index in [1.807, 2.05) is 19.1 Å². The molecule has 118 valence electrons. The van der Waals surface area contributed by atoms with Crippen molar-refractivity contribution in [2.24, 2.45) is 0 Å². The molecule has 22 heavy (non-hydrogen) atoms. The number of esters is 1. The van der Waals surface area contributed by atoms with Crippen molar-refractivity contribution in [2.75, 3.05) is 7.11 Å². The van der Waals surface area contributed by atoms with E-state index in [0.29, 0.717) is 5.56 Å². The highest BCUT2D eigenvalue weighted by molar-refractivity contribution is 5.89. The lowest BCUT2D eigenvalue weighted by atomic mass is 10.1. The second-order valence-electron chi connectivity index (χ2n) is 4.76. The predicted molar refractivity (Wildman–Crippen MR) is 79.8 cm³/mol. The fourth-order valence-corrected chi connectivity index (χ4v) is 1.56. The lowest BCUT2D eigenvalue weighted by molar-refractivity contribution is -0.208. The van der Waals surface area contributed by atoms with Crippen molar-refractivity contribution in [3.05, 3.63) is 70.8 Å². The Hall–Kier alpha value is -2.27. The largest absolute Gasteiger partial charge is 0.465 e. The highest BCUT2D eigenvalue weighted by atomic mass is 19.3. The Morgan fingerprint density at radius 1 is 0.955 bits per heavy atom. The smallest absolute Gasteiger partial charge is 0.380 e. The Morgan fingerprint density at radius 3 is 1.73 bits per heavy atom. The monoisotopic (exact) mass is 308 g/mol. The van der Waals surface area contributed by atoms with Crippen LogP contribution < -0.4 is 0 Å². The molecule has 0 saturated carbocycles. The van der Waals surface area contributed by atoms with Gasteiger partial charge in [-0.2, -0.15) is 8.78 Å². The minimum atomic E-state index is -3.71. The van der Waals surface area contributed by atoms with Crippen LogP contribution in [0.15, 0.2) is 48.5 Å². The molecule has 0 saturated heterocycles. The van der Waals surface area contributed by atoms with Crippen molar-refractivity contribution in [3.63, 3.8) is 0 Å². The number of alkyl halides is 2. The van der Waals surface area contributed by atoms with Gasteiger partial charge in [-0.3, -0.25) is 0 Å². The van der Waals surface area contributed by atoms with E-state index in [0.717, 1.165) is 11.1 Å². The van der Waals surface area contributed by atoms with Gasteiger partial charge in [-0.1, -0.05) is 47.5 Å². The summed E-state index contributed by atoms with van der Waals surface area (Å²) in [6, 6.07) is 12.7. The first kappa shape index (κ1) is 17.8. The standard InChI is InChI=1S/C9H10O2.C8H8F2O/c1-7-3-5-8(6-4-7)9(10)11-2;1-6-2-4-7(5-3-6)8(9,10)11/h3-6H,1-2H3;2-5,11H,1H3. The van der Waals surface area contributed by atoms with Gasteiger partial charge in [0.2, 0.25) is 0 Å². The Bertz CT molecular complexity index is 599. The Labute approximate surface area is 128 Å². The quantitative estimate of drug-likeness (QED) is 0.858. The maximum Gasteiger partial charge on any atom is 0.380 e. The fraction of sp³-hybridized carbons (Fsp3) is 0.235. The molecule has 5 heteroatoms. The summed E-state index contributed by atoms with van der Waals surface area (Å²) < 4.78 is 28.8. The highest BCUT2D eigenvalue weighted by Gasteiger charge is 2.26. The van der Waals surface area contributed by atoms with E-state index in [-0.39, 0.29) is 11.5 Å². The normalized spacial score (nSPS) is 10.5. The fourth-order valence-electron chi connectivity index (χ4n) is 1.56. The van der Waals surface area contributed by atoms with Gasteiger partial charge in [-0.05, 0) is 26.0 Å². The molecule has 0 atom stereocenters. The van der Waals surface area contributed by atoms with Gasteiger partial charge in [0.05, 0.1) is 18.2 Å². The van der Waals surface area contributed by atoms with Crippen molar-refractivity contribution in [2.45, 2.75) is 20.0 Å². The van der Waals surface area contributed by atoms with Crippen molar-refractivity contribution in [1.29, 1.82) is 0 Å². The molecule has 3 nitrogen and oxygen atoms in total. The molecule has 0 radical (unpaired) electrons. The van der Waals surface area contributed by atoms with Gasteiger partial charge in [0.25, 0.3) is 0 Å². The van der Waals surface area contributed by atoms with Crippen molar-refractivity contribution in [1.82, 2.24) is 0 Å². The number of carbonyl (C=O) groups is 1. The number of ether oxygens (including phenoxy) is 1. The van der Waals surface area contributed by atoms with Crippen LogP contribution in [0.25, 0.3) is 0 Å². The molecule has 0 spiro atoms. The summed E-state index contributed by atoms with van der Waals surface area (Å²) in [5.74, 6) is -0.287. The third-order valence-electron chi connectivity index (χ3n) is 2.87. The molecule has 2 rings (SSSR count). The minimum absolute atomic E-state index is 0.287. The minimum Gasteiger partial charge on any atom is -0.465 e. The molecule has 0 unspecified atom stereocenters. The second kappa shape index (κ2) is 7.66. The molecule has 1 N–H and O–H groups in total. The first-order chi connectivity index (χ1) is 10.2. The number of rotatable bonds is 2. The molecule has 0 heterocycles. The molecule has 2 aromatic rings. The summed E-state index contributed by atoms with van der Waals surface area (Å²) in [7, 11) is 1.38. The molecule has 2 aromatic carbocycles. The first-order valence-corrected chi connectivity index (χ1v) is 6.56. The van der Waals surface area contributed by atoms with Crippen LogP contribution in [0, 0.1) is 13.8 Å². The van der Waals surface area contributed by atoms with Crippen LogP contribution >= 0.6 is 0 Å². The van der Waals surface area contributed by atoms with Crippen LogP contribution in [-0.2, 0) is 10.8 Å². The van der Waals surface area contributed by atoms with Gasteiger partial charge in [0.15, 0.2) is 0 Å². The van der Waals surface area contributed by atoms with Gasteiger partial charge in [-0.15, -0.1) is 0 Å². The Kier molecular flexibility index (Phi) is 6.19. The van der Waals surface area contributed by atoms with Crippen LogP contribution in [0.4, 0.5) is 8.78 Å². The third kappa shape index (κ3) is 5.61. The topological polar surface area (TPSA) is 46.5 Å². The van der Waals surface area contributed by atoms with E-state index in [9.17, 15) is 13.6 Å². The Morgan fingerprint density at radius 2 is 1.36 bits per heavy atom. The molecule has 0 amide bonds. The summed E-state index contributed by atoms with van der Waals surface area (Å²) in [5, 5.41) is 8.25. The van der Waals surface area contributed by atoms with Crippen molar-refractivity contribution in [3.8, 4) is 0 Å². The zero-order chi connectivity index (χ0) is 16.8.